The van der Waals surface area contributed by atoms with Crippen LogP contribution in [0, 0.1) is 23.5 Å². The maximum absolute atomic E-state index is 13.3. The van der Waals surface area contributed by atoms with Crippen LogP contribution in [0.25, 0.3) is 0 Å². The van der Waals surface area contributed by atoms with Gasteiger partial charge in [-0.25, -0.2) is 8.78 Å². The van der Waals surface area contributed by atoms with Crippen LogP contribution in [-0.2, 0) is 9.53 Å². The molecule has 0 amide bonds. The quantitative estimate of drug-likeness (QED) is 0.767. The summed E-state index contributed by atoms with van der Waals surface area (Å²) in [4.78, 5) is 15.0. The van der Waals surface area contributed by atoms with Crippen molar-refractivity contribution in [3.63, 3.8) is 0 Å². The molecular formula is C21H23F2NO2. The third-order valence-electron chi connectivity index (χ3n) is 5.04. The van der Waals surface area contributed by atoms with Gasteiger partial charge < -0.3 is 9.64 Å². The molecule has 0 spiro atoms. The zero-order chi connectivity index (χ0) is 18.7. The standard InChI is InChI=1S/C21H23F2NO2/c1-14-11-12-24(2)13-19(14)21(25)26-20(15-3-7-17(22)8-4-15)16-5-9-18(23)10-6-16/h3-10,14,19-20H,11-13H2,1-2H3. The summed E-state index contributed by atoms with van der Waals surface area (Å²) < 4.78 is 32.4. The highest BCUT2D eigenvalue weighted by atomic mass is 19.1. The summed E-state index contributed by atoms with van der Waals surface area (Å²) in [5.74, 6) is -0.971. The average Bonchev–Trinajstić information content (AvgIpc) is 2.63. The van der Waals surface area contributed by atoms with Gasteiger partial charge in [-0.15, -0.1) is 0 Å². The summed E-state index contributed by atoms with van der Waals surface area (Å²) in [6.07, 6.45) is 0.247. The molecule has 0 saturated carbocycles. The summed E-state index contributed by atoms with van der Waals surface area (Å²) in [6, 6.07) is 11.7. The Morgan fingerprint density at radius 3 is 2.04 bits per heavy atom. The fraction of sp³-hybridized carbons (Fsp3) is 0.381. The molecule has 3 rings (SSSR count). The van der Waals surface area contributed by atoms with Crippen LogP contribution in [-0.4, -0.2) is 31.0 Å². The fourth-order valence-corrected chi connectivity index (χ4v) is 3.35. The largest absolute Gasteiger partial charge is 0.452 e. The number of rotatable bonds is 4. The van der Waals surface area contributed by atoms with Crippen LogP contribution < -0.4 is 0 Å². The van der Waals surface area contributed by atoms with Gasteiger partial charge in [-0.1, -0.05) is 31.2 Å². The monoisotopic (exact) mass is 359 g/mol. The molecule has 138 valence electrons. The summed E-state index contributed by atoms with van der Waals surface area (Å²) in [5.41, 5.74) is 1.31. The highest BCUT2D eigenvalue weighted by Crippen LogP contribution is 2.30. The molecule has 1 heterocycles. The number of nitrogens with zero attached hydrogens (tertiary/aromatic N) is 1. The lowest BCUT2D eigenvalue weighted by Crippen LogP contribution is -2.42. The van der Waals surface area contributed by atoms with Crippen molar-refractivity contribution < 1.29 is 18.3 Å². The smallest absolute Gasteiger partial charge is 0.311 e. The summed E-state index contributed by atoms with van der Waals surface area (Å²) >= 11 is 0. The normalized spacial score (nSPS) is 21.0. The van der Waals surface area contributed by atoms with Crippen LogP contribution in [0.2, 0.25) is 0 Å². The lowest BCUT2D eigenvalue weighted by Gasteiger charge is -2.34. The van der Waals surface area contributed by atoms with Gasteiger partial charge in [0.2, 0.25) is 0 Å². The Balaban J connectivity index is 1.86. The Morgan fingerprint density at radius 2 is 1.54 bits per heavy atom. The predicted molar refractivity (Wildman–Crippen MR) is 95.5 cm³/mol. The van der Waals surface area contributed by atoms with Crippen molar-refractivity contribution >= 4 is 5.97 Å². The molecule has 2 aromatic carbocycles. The molecule has 2 aromatic rings. The lowest BCUT2D eigenvalue weighted by molar-refractivity contribution is -0.156. The van der Waals surface area contributed by atoms with E-state index in [-0.39, 0.29) is 29.4 Å². The van der Waals surface area contributed by atoms with Crippen LogP contribution in [0.5, 0.6) is 0 Å². The number of piperidine rings is 1. The highest BCUT2D eigenvalue weighted by Gasteiger charge is 2.33. The topological polar surface area (TPSA) is 29.5 Å². The summed E-state index contributed by atoms with van der Waals surface area (Å²) in [7, 11) is 1.99. The molecule has 3 nitrogen and oxygen atoms in total. The van der Waals surface area contributed by atoms with Crippen molar-refractivity contribution in [1.82, 2.24) is 4.90 Å². The number of carbonyl (C=O) groups is 1. The number of benzene rings is 2. The molecular weight excluding hydrogens is 336 g/mol. The van der Waals surface area contributed by atoms with Crippen molar-refractivity contribution in [2.24, 2.45) is 11.8 Å². The van der Waals surface area contributed by atoms with Crippen molar-refractivity contribution in [2.75, 3.05) is 20.1 Å². The Hall–Kier alpha value is -2.27. The molecule has 1 saturated heterocycles. The highest BCUT2D eigenvalue weighted by molar-refractivity contribution is 5.74. The second-order valence-electron chi connectivity index (χ2n) is 7.05. The molecule has 2 atom stereocenters. The van der Waals surface area contributed by atoms with E-state index in [0.29, 0.717) is 17.7 Å². The SMILES string of the molecule is CC1CCN(C)CC1C(=O)OC(c1ccc(F)cc1)c1ccc(F)cc1. The third kappa shape index (κ3) is 4.28. The van der Waals surface area contributed by atoms with E-state index in [2.05, 4.69) is 11.8 Å². The van der Waals surface area contributed by atoms with E-state index in [1.165, 1.54) is 24.3 Å². The molecule has 1 aliphatic rings. The van der Waals surface area contributed by atoms with Gasteiger partial charge in [0.1, 0.15) is 11.6 Å². The third-order valence-corrected chi connectivity index (χ3v) is 5.04. The molecule has 0 aliphatic carbocycles. The Kier molecular flexibility index (Phi) is 5.67. The summed E-state index contributed by atoms with van der Waals surface area (Å²) in [6.45, 7) is 3.67. The first-order chi connectivity index (χ1) is 12.4. The van der Waals surface area contributed by atoms with E-state index < -0.39 is 6.10 Å². The Labute approximate surface area is 152 Å². The van der Waals surface area contributed by atoms with Gasteiger partial charge in [-0.3, -0.25) is 4.79 Å². The first-order valence-corrected chi connectivity index (χ1v) is 8.84. The van der Waals surface area contributed by atoms with Gasteiger partial charge in [0.25, 0.3) is 0 Å². The molecule has 0 aromatic heterocycles. The first kappa shape index (κ1) is 18.5. The van der Waals surface area contributed by atoms with Crippen LogP contribution >= 0.6 is 0 Å². The van der Waals surface area contributed by atoms with E-state index in [4.69, 9.17) is 4.74 Å². The molecule has 2 unspecified atom stereocenters. The van der Waals surface area contributed by atoms with Gasteiger partial charge in [-0.2, -0.15) is 0 Å². The fourth-order valence-electron chi connectivity index (χ4n) is 3.35. The molecule has 0 radical (unpaired) electrons. The molecule has 1 aliphatic heterocycles. The second kappa shape index (κ2) is 7.96. The van der Waals surface area contributed by atoms with E-state index >= 15 is 0 Å². The van der Waals surface area contributed by atoms with Gasteiger partial charge in [0, 0.05) is 6.54 Å². The Bertz CT molecular complexity index is 700. The molecule has 26 heavy (non-hydrogen) atoms. The zero-order valence-corrected chi connectivity index (χ0v) is 15.0. The van der Waals surface area contributed by atoms with Crippen LogP contribution in [0.1, 0.15) is 30.6 Å². The zero-order valence-electron chi connectivity index (χ0n) is 15.0. The Morgan fingerprint density at radius 1 is 1.04 bits per heavy atom. The van der Waals surface area contributed by atoms with E-state index in [0.717, 1.165) is 13.0 Å². The first-order valence-electron chi connectivity index (χ1n) is 8.84. The number of halogens is 2. The molecule has 1 fully saturated rings. The van der Waals surface area contributed by atoms with Crippen LogP contribution in [0.4, 0.5) is 8.78 Å². The maximum Gasteiger partial charge on any atom is 0.311 e. The van der Waals surface area contributed by atoms with Crippen LogP contribution in [0.15, 0.2) is 48.5 Å². The number of hydrogen-bond acceptors (Lipinski definition) is 3. The van der Waals surface area contributed by atoms with E-state index in [9.17, 15) is 13.6 Å². The molecule has 0 bridgehead atoms. The predicted octanol–water partition coefficient (Wildman–Crippen LogP) is 4.19. The van der Waals surface area contributed by atoms with Gasteiger partial charge in [0.15, 0.2) is 6.10 Å². The van der Waals surface area contributed by atoms with Crippen molar-refractivity contribution in [1.29, 1.82) is 0 Å². The van der Waals surface area contributed by atoms with Crippen molar-refractivity contribution in [3.05, 3.63) is 71.3 Å². The summed E-state index contributed by atoms with van der Waals surface area (Å²) in [5, 5.41) is 0. The minimum Gasteiger partial charge on any atom is -0.452 e. The van der Waals surface area contributed by atoms with Gasteiger partial charge in [-0.05, 0) is 61.3 Å². The van der Waals surface area contributed by atoms with E-state index in [1.54, 1.807) is 24.3 Å². The van der Waals surface area contributed by atoms with Crippen molar-refractivity contribution in [2.45, 2.75) is 19.4 Å². The van der Waals surface area contributed by atoms with Gasteiger partial charge >= 0.3 is 5.97 Å². The number of likely N-dealkylation sites (tertiary alicyclic amines) is 1. The minimum atomic E-state index is -0.692. The van der Waals surface area contributed by atoms with Gasteiger partial charge in [0.05, 0.1) is 5.92 Å². The number of ether oxygens (including phenoxy) is 1. The number of esters is 1. The van der Waals surface area contributed by atoms with E-state index in [1.807, 2.05) is 7.05 Å². The number of hydrogen-bond donors (Lipinski definition) is 0. The van der Waals surface area contributed by atoms with Crippen molar-refractivity contribution in [3.8, 4) is 0 Å². The average molecular weight is 359 g/mol. The van der Waals surface area contributed by atoms with Crippen LogP contribution in [0.3, 0.4) is 0 Å². The second-order valence-corrected chi connectivity index (χ2v) is 7.05. The molecule has 5 heteroatoms. The number of carbonyl (C=O) groups excluding carboxylic acids is 1. The maximum atomic E-state index is 13.3. The lowest BCUT2D eigenvalue weighted by atomic mass is 9.87. The molecule has 0 N–H and O–H groups in total. The minimum absolute atomic E-state index is 0.211.